The van der Waals surface area contributed by atoms with Gasteiger partial charge in [0.2, 0.25) is 0 Å². The molecule has 1 unspecified atom stereocenters. The Balaban J connectivity index is 1.36. The van der Waals surface area contributed by atoms with Gasteiger partial charge in [-0.3, -0.25) is 0 Å². The summed E-state index contributed by atoms with van der Waals surface area (Å²) in [5.41, 5.74) is 1.42. The highest BCUT2D eigenvalue weighted by Crippen LogP contribution is 2.34. The molecule has 0 aromatic carbocycles. The van der Waals surface area contributed by atoms with Crippen molar-refractivity contribution in [3.63, 3.8) is 0 Å². The van der Waals surface area contributed by atoms with Crippen LogP contribution >= 0.6 is 0 Å². The smallest absolute Gasteiger partial charge is 0.319 e. The van der Waals surface area contributed by atoms with E-state index < -0.39 is 0 Å². The van der Waals surface area contributed by atoms with Gasteiger partial charge in [-0.05, 0) is 31.7 Å². The summed E-state index contributed by atoms with van der Waals surface area (Å²) in [6, 6.07) is 3.66. The molecule has 2 aliphatic rings. The standard InChI is InChI=1S/C17H22N4O3/c22-16(19-13-1-6-21-7-5-18-15(21)11-13)20-14-2-8-24-17(12-14)3-9-23-10-4-17/h1,5-7,11,14H,2-4,8-10,12H2,(H2,19,20,22). The fourth-order valence-electron chi connectivity index (χ4n) is 3.58. The van der Waals surface area contributed by atoms with Crippen LogP contribution in [-0.2, 0) is 9.47 Å². The van der Waals surface area contributed by atoms with E-state index in [1.165, 1.54) is 0 Å². The number of hydrogen-bond donors (Lipinski definition) is 2. The molecule has 4 rings (SSSR count). The molecule has 0 saturated carbocycles. The van der Waals surface area contributed by atoms with E-state index in [4.69, 9.17) is 9.47 Å². The molecule has 1 atom stereocenters. The van der Waals surface area contributed by atoms with E-state index in [-0.39, 0.29) is 17.7 Å². The highest BCUT2D eigenvalue weighted by atomic mass is 16.5. The molecular formula is C17H22N4O3. The summed E-state index contributed by atoms with van der Waals surface area (Å²) in [4.78, 5) is 16.5. The van der Waals surface area contributed by atoms with Crippen LogP contribution in [0.3, 0.4) is 0 Å². The van der Waals surface area contributed by atoms with E-state index in [2.05, 4.69) is 15.6 Å². The summed E-state index contributed by atoms with van der Waals surface area (Å²) in [6.07, 6.45) is 8.98. The van der Waals surface area contributed by atoms with Gasteiger partial charge in [-0.1, -0.05) is 0 Å². The van der Waals surface area contributed by atoms with Crippen LogP contribution in [0.5, 0.6) is 0 Å². The minimum atomic E-state index is -0.181. The van der Waals surface area contributed by atoms with E-state index >= 15 is 0 Å². The molecule has 2 aliphatic heterocycles. The van der Waals surface area contributed by atoms with E-state index in [1.807, 2.05) is 28.9 Å². The zero-order chi connectivity index (χ0) is 16.4. The highest BCUT2D eigenvalue weighted by molar-refractivity contribution is 5.89. The lowest BCUT2D eigenvalue weighted by atomic mass is 9.84. The Bertz CT molecular complexity index is 718. The Morgan fingerprint density at radius 3 is 3.04 bits per heavy atom. The van der Waals surface area contributed by atoms with Crippen LogP contribution in [0.25, 0.3) is 5.65 Å². The lowest BCUT2D eigenvalue weighted by Gasteiger charge is -2.43. The molecule has 7 heteroatoms. The summed E-state index contributed by atoms with van der Waals surface area (Å²) < 4.78 is 13.3. The number of fused-ring (bicyclic) bond motifs is 1. The summed E-state index contributed by atoms with van der Waals surface area (Å²) in [5, 5.41) is 5.98. The highest BCUT2D eigenvalue weighted by Gasteiger charge is 2.39. The van der Waals surface area contributed by atoms with Crippen LogP contribution in [0.1, 0.15) is 25.7 Å². The van der Waals surface area contributed by atoms with E-state index in [0.29, 0.717) is 6.61 Å². The lowest BCUT2D eigenvalue weighted by molar-refractivity contribution is -0.139. The number of ether oxygens (including phenoxy) is 2. The SMILES string of the molecule is O=C(Nc1ccn2ccnc2c1)NC1CCOC2(CCOCC2)C1. The van der Waals surface area contributed by atoms with Crippen molar-refractivity contribution in [2.24, 2.45) is 0 Å². The first-order valence-electron chi connectivity index (χ1n) is 8.44. The predicted molar refractivity (Wildman–Crippen MR) is 89.1 cm³/mol. The number of pyridine rings is 1. The fraction of sp³-hybridized carbons (Fsp3) is 0.529. The molecular weight excluding hydrogens is 308 g/mol. The Morgan fingerprint density at radius 1 is 1.29 bits per heavy atom. The number of anilines is 1. The number of imidazole rings is 1. The number of hydrogen-bond acceptors (Lipinski definition) is 4. The molecule has 2 N–H and O–H groups in total. The van der Waals surface area contributed by atoms with E-state index in [1.54, 1.807) is 6.20 Å². The number of nitrogens with one attached hydrogen (secondary N) is 2. The van der Waals surface area contributed by atoms with Gasteiger partial charge < -0.3 is 24.5 Å². The minimum absolute atomic E-state index is 0.122. The minimum Gasteiger partial charge on any atom is -0.381 e. The Kier molecular flexibility index (Phi) is 4.12. The number of rotatable bonds is 2. The summed E-state index contributed by atoms with van der Waals surface area (Å²) in [5.74, 6) is 0. The van der Waals surface area contributed by atoms with Crippen molar-refractivity contribution < 1.29 is 14.3 Å². The van der Waals surface area contributed by atoms with Gasteiger partial charge in [0, 0.05) is 56.2 Å². The molecule has 1 spiro atoms. The topological polar surface area (TPSA) is 76.9 Å². The normalized spacial score (nSPS) is 23.2. The van der Waals surface area contributed by atoms with Crippen LogP contribution in [-0.4, -0.2) is 46.9 Å². The first-order valence-corrected chi connectivity index (χ1v) is 8.44. The summed E-state index contributed by atoms with van der Waals surface area (Å²) in [7, 11) is 0. The van der Waals surface area contributed by atoms with E-state index in [9.17, 15) is 4.79 Å². The zero-order valence-corrected chi connectivity index (χ0v) is 13.5. The maximum Gasteiger partial charge on any atom is 0.319 e. The molecule has 2 fully saturated rings. The van der Waals surface area contributed by atoms with Crippen molar-refractivity contribution in [3.05, 3.63) is 30.7 Å². The molecule has 7 nitrogen and oxygen atoms in total. The van der Waals surface area contributed by atoms with Gasteiger partial charge in [-0.2, -0.15) is 0 Å². The first-order chi connectivity index (χ1) is 11.7. The number of urea groups is 1. The maximum absolute atomic E-state index is 12.3. The zero-order valence-electron chi connectivity index (χ0n) is 13.5. The number of nitrogens with zero attached hydrogens (tertiary/aromatic N) is 2. The second-order valence-electron chi connectivity index (χ2n) is 6.54. The summed E-state index contributed by atoms with van der Waals surface area (Å²) >= 11 is 0. The molecule has 4 heterocycles. The van der Waals surface area contributed by atoms with Gasteiger partial charge >= 0.3 is 6.03 Å². The van der Waals surface area contributed by atoms with Gasteiger partial charge in [0.1, 0.15) is 5.65 Å². The average Bonchev–Trinajstić information content (AvgIpc) is 3.03. The second-order valence-corrected chi connectivity index (χ2v) is 6.54. The van der Waals surface area contributed by atoms with Crippen molar-refractivity contribution in [1.29, 1.82) is 0 Å². The van der Waals surface area contributed by atoms with Crippen LogP contribution in [0.2, 0.25) is 0 Å². The maximum atomic E-state index is 12.3. The fourth-order valence-corrected chi connectivity index (χ4v) is 3.58. The largest absolute Gasteiger partial charge is 0.381 e. The molecule has 128 valence electrons. The number of carbonyl (C=O) groups excluding carboxylic acids is 1. The second kappa shape index (κ2) is 6.41. The molecule has 2 aromatic heterocycles. The summed E-state index contributed by atoms with van der Waals surface area (Å²) in [6.45, 7) is 2.16. The van der Waals surface area contributed by atoms with Crippen molar-refractivity contribution in [2.45, 2.75) is 37.3 Å². The molecule has 2 amide bonds. The van der Waals surface area contributed by atoms with Crippen molar-refractivity contribution in [1.82, 2.24) is 14.7 Å². The molecule has 2 aromatic rings. The molecule has 2 saturated heterocycles. The van der Waals surface area contributed by atoms with E-state index in [0.717, 1.165) is 50.2 Å². The molecule has 0 bridgehead atoms. The molecule has 0 radical (unpaired) electrons. The van der Waals surface area contributed by atoms with Crippen LogP contribution in [0.4, 0.5) is 10.5 Å². The monoisotopic (exact) mass is 330 g/mol. The van der Waals surface area contributed by atoms with Crippen molar-refractivity contribution in [2.75, 3.05) is 25.1 Å². The van der Waals surface area contributed by atoms with Crippen molar-refractivity contribution >= 4 is 17.4 Å². The van der Waals surface area contributed by atoms with Crippen LogP contribution in [0.15, 0.2) is 30.7 Å². The number of carbonyl (C=O) groups is 1. The van der Waals surface area contributed by atoms with Gasteiger partial charge in [0.05, 0.1) is 5.60 Å². The average molecular weight is 330 g/mol. The van der Waals surface area contributed by atoms with Crippen molar-refractivity contribution in [3.8, 4) is 0 Å². The quantitative estimate of drug-likeness (QED) is 0.885. The lowest BCUT2D eigenvalue weighted by Crippen LogP contribution is -2.51. The molecule has 24 heavy (non-hydrogen) atoms. The Labute approximate surface area is 140 Å². The molecule has 0 aliphatic carbocycles. The van der Waals surface area contributed by atoms with Gasteiger partial charge in [-0.25, -0.2) is 9.78 Å². The first kappa shape index (κ1) is 15.4. The van der Waals surface area contributed by atoms with Gasteiger partial charge in [0.25, 0.3) is 0 Å². The number of amides is 2. The third-order valence-corrected chi connectivity index (χ3v) is 4.89. The third-order valence-electron chi connectivity index (χ3n) is 4.89. The van der Waals surface area contributed by atoms with Crippen LogP contribution in [0, 0.1) is 0 Å². The Morgan fingerprint density at radius 2 is 2.17 bits per heavy atom. The predicted octanol–water partition coefficient (Wildman–Crippen LogP) is 2.18. The van der Waals surface area contributed by atoms with Crippen LogP contribution < -0.4 is 10.6 Å². The van der Waals surface area contributed by atoms with Gasteiger partial charge in [-0.15, -0.1) is 0 Å². The van der Waals surface area contributed by atoms with Gasteiger partial charge in [0.15, 0.2) is 0 Å². The third kappa shape index (κ3) is 3.22. The number of aromatic nitrogens is 2. The Hall–Kier alpha value is -2.12.